The van der Waals surface area contributed by atoms with Gasteiger partial charge in [-0.05, 0) is 50.7 Å². The number of amides is 1. The predicted molar refractivity (Wildman–Crippen MR) is 83.1 cm³/mol. The minimum absolute atomic E-state index is 0.0519. The summed E-state index contributed by atoms with van der Waals surface area (Å²) in [6.07, 6.45) is 2.13. The molecule has 1 aromatic rings. The average molecular weight is 277 g/mol. The molecule has 0 fully saturated rings. The first-order valence-corrected chi connectivity index (χ1v) is 7.38. The van der Waals surface area contributed by atoms with Gasteiger partial charge in [0.2, 0.25) is 0 Å². The molecule has 0 aromatic heterocycles. The van der Waals surface area contributed by atoms with Gasteiger partial charge in [-0.1, -0.05) is 32.0 Å². The van der Waals surface area contributed by atoms with Crippen molar-refractivity contribution in [3.63, 3.8) is 0 Å². The number of carbonyl (C=O) groups excluding carboxylic acids is 1. The molecule has 0 heterocycles. The lowest BCUT2D eigenvalue weighted by molar-refractivity contribution is -0.123. The van der Waals surface area contributed by atoms with E-state index in [9.17, 15) is 4.79 Å². The third kappa shape index (κ3) is 5.64. The highest BCUT2D eigenvalue weighted by molar-refractivity contribution is 5.77. The standard InChI is InChI=1S/C17H27NO2/c1-12(2)9-10-15(5)18-16(19)11-20-17-13(3)7-6-8-14(17)4/h6-8,12,15H,9-11H2,1-5H3,(H,18,19). The first-order chi connectivity index (χ1) is 9.40. The van der Waals surface area contributed by atoms with Crippen molar-refractivity contribution in [2.75, 3.05) is 6.61 Å². The Morgan fingerprint density at radius 3 is 2.30 bits per heavy atom. The molecule has 20 heavy (non-hydrogen) atoms. The lowest BCUT2D eigenvalue weighted by Gasteiger charge is -2.16. The summed E-state index contributed by atoms with van der Waals surface area (Å²) in [6, 6.07) is 6.18. The number of carbonyl (C=O) groups is 1. The zero-order chi connectivity index (χ0) is 15.1. The molecular weight excluding hydrogens is 250 g/mol. The molecule has 0 spiro atoms. The Hall–Kier alpha value is -1.51. The molecule has 0 aliphatic carbocycles. The summed E-state index contributed by atoms with van der Waals surface area (Å²) in [5, 5.41) is 2.98. The topological polar surface area (TPSA) is 38.3 Å². The van der Waals surface area contributed by atoms with Crippen LogP contribution in [0, 0.1) is 19.8 Å². The van der Waals surface area contributed by atoms with Crippen molar-refractivity contribution in [3.05, 3.63) is 29.3 Å². The lowest BCUT2D eigenvalue weighted by Crippen LogP contribution is -2.36. The van der Waals surface area contributed by atoms with E-state index in [2.05, 4.69) is 19.2 Å². The molecule has 1 amide bonds. The maximum Gasteiger partial charge on any atom is 0.258 e. The van der Waals surface area contributed by atoms with Crippen LogP contribution in [0.4, 0.5) is 0 Å². The van der Waals surface area contributed by atoms with Crippen molar-refractivity contribution in [1.29, 1.82) is 0 Å². The van der Waals surface area contributed by atoms with Gasteiger partial charge in [0, 0.05) is 6.04 Å². The first-order valence-electron chi connectivity index (χ1n) is 7.38. The molecule has 0 aliphatic heterocycles. The van der Waals surface area contributed by atoms with Gasteiger partial charge in [0.15, 0.2) is 6.61 Å². The quantitative estimate of drug-likeness (QED) is 0.826. The molecular formula is C17H27NO2. The Bertz CT molecular complexity index is 420. The molecule has 1 atom stereocenters. The van der Waals surface area contributed by atoms with Gasteiger partial charge in [-0.25, -0.2) is 0 Å². The van der Waals surface area contributed by atoms with Crippen molar-refractivity contribution >= 4 is 5.91 Å². The minimum atomic E-state index is -0.0519. The van der Waals surface area contributed by atoms with Crippen molar-refractivity contribution in [3.8, 4) is 5.75 Å². The van der Waals surface area contributed by atoms with Crippen LogP contribution in [0.2, 0.25) is 0 Å². The highest BCUT2D eigenvalue weighted by Gasteiger charge is 2.10. The normalized spacial score (nSPS) is 12.3. The smallest absolute Gasteiger partial charge is 0.258 e. The number of aryl methyl sites for hydroxylation is 2. The second-order valence-corrected chi connectivity index (χ2v) is 5.95. The van der Waals surface area contributed by atoms with Crippen LogP contribution in [0.15, 0.2) is 18.2 Å². The molecule has 0 radical (unpaired) electrons. The SMILES string of the molecule is Cc1cccc(C)c1OCC(=O)NC(C)CCC(C)C. The Morgan fingerprint density at radius 1 is 1.15 bits per heavy atom. The number of benzene rings is 1. The molecule has 0 saturated heterocycles. The number of hydrogen-bond acceptors (Lipinski definition) is 2. The molecule has 1 unspecified atom stereocenters. The van der Waals surface area contributed by atoms with Crippen LogP contribution in [0.5, 0.6) is 5.75 Å². The Labute approximate surface area is 122 Å². The van der Waals surface area contributed by atoms with E-state index in [1.807, 2.05) is 39.0 Å². The summed E-state index contributed by atoms with van der Waals surface area (Å²) >= 11 is 0. The van der Waals surface area contributed by atoms with Crippen LogP contribution in [-0.2, 0) is 4.79 Å². The van der Waals surface area contributed by atoms with Gasteiger partial charge < -0.3 is 10.1 Å². The Kier molecular flexibility index (Phi) is 6.56. The Balaban J connectivity index is 2.40. The third-order valence-electron chi connectivity index (χ3n) is 3.34. The largest absolute Gasteiger partial charge is 0.483 e. The number of rotatable bonds is 7. The monoisotopic (exact) mass is 277 g/mol. The summed E-state index contributed by atoms with van der Waals surface area (Å²) in [7, 11) is 0. The number of ether oxygens (including phenoxy) is 1. The molecule has 3 heteroatoms. The van der Waals surface area contributed by atoms with Gasteiger partial charge in [0.1, 0.15) is 5.75 Å². The Morgan fingerprint density at radius 2 is 1.75 bits per heavy atom. The van der Waals surface area contributed by atoms with Crippen LogP contribution >= 0.6 is 0 Å². The number of hydrogen-bond donors (Lipinski definition) is 1. The predicted octanol–water partition coefficient (Wildman–Crippen LogP) is 3.62. The van der Waals surface area contributed by atoms with Gasteiger partial charge in [-0.15, -0.1) is 0 Å². The summed E-state index contributed by atoms with van der Waals surface area (Å²) in [5.41, 5.74) is 2.12. The number of para-hydroxylation sites is 1. The first kappa shape index (κ1) is 16.5. The average Bonchev–Trinajstić information content (AvgIpc) is 2.35. The molecule has 1 rings (SSSR count). The molecule has 3 nitrogen and oxygen atoms in total. The van der Waals surface area contributed by atoms with Gasteiger partial charge in [-0.3, -0.25) is 4.79 Å². The van der Waals surface area contributed by atoms with Crippen molar-refractivity contribution in [2.45, 2.75) is 53.5 Å². The molecule has 1 aromatic carbocycles. The van der Waals surface area contributed by atoms with Crippen molar-refractivity contribution < 1.29 is 9.53 Å². The zero-order valence-electron chi connectivity index (χ0n) is 13.3. The summed E-state index contributed by atoms with van der Waals surface area (Å²) in [6.45, 7) is 10.5. The van der Waals surface area contributed by atoms with E-state index in [1.165, 1.54) is 0 Å². The van der Waals surface area contributed by atoms with Crippen molar-refractivity contribution in [1.82, 2.24) is 5.32 Å². The van der Waals surface area contributed by atoms with E-state index < -0.39 is 0 Å². The second kappa shape index (κ2) is 7.93. The summed E-state index contributed by atoms with van der Waals surface area (Å²) in [4.78, 5) is 11.9. The van der Waals surface area contributed by atoms with E-state index in [1.54, 1.807) is 0 Å². The van der Waals surface area contributed by atoms with Crippen LogP contribution in [0.25, 0.3) is 0 Å². The van der Waals surface area contributed by atoms with Crippen molar-refractivity contribution in [2.24, 2.45) is 5.92 Å². The highest BCUT2D eigenvalue weighted by atomic mass is 16.5. The van der Waals surface area contributed by atoms with E-state index >= 15 is 0 Å². The second-order valence-electron chi connectivity index (χ2n) is 5.95. The van der Waals surface area contributed by atoms with Crippen LogP contribution < -0.4 is 10.1 Å². The third-order valence-corrected chi connectivity index (χ3v) is 3.34. The van der Waals surface area contributed by atoms with E-state index in [4.69, 9.17) is 4.74 Å². The van der Waals surface area contributed by atoms with Gasteiger partial charge >= 0.3 is 0 Å². The fraction of sp³-hybridized carbons (Fsp3) is 0.588. The molecule has 0 bridgehead atoms. The number of nitrogens with one attached hydrogen (secondary N) is 1. The zero-order valence-corrected chi connectivity index (χ0v) is 13.3. The fourth-order valence-electron chi connectivity index (χ4n) is 2.14. The maximum atomic E-state index is 11.9. The van der Waals surface area contributed by atoms with E-state index in [0.29, 0.717) is 5.92 Å². The molecule has 0 aliphatic rings. The molecule has 1 N–H and O–H groups in total. The molecule has 112 valence electrons. The van der Waals surface area contributed by atoms with Gasteiger partial charge in [0.05, 0.1) is 0 Å². The van der Waals surface area contributed by atoms with Gasteiger partial charge in [-0.2, -0.15) is 0 Å². The summed E-state index contributed by atoms with van der Waals surface area (Å²) in [5.74, 6) is 1.43. The summed E-state index contributed by atoms with van der Waals surface area (Å²) < 4.78 is 5.64. The lowest BCUT2D eigenvalue weighted by atomic mass is 10.0. The van der Waals surface area contributed by atoms with Crippen LogP contribution in [0.1, 0.15) is 44.7 Å². The van der Waals surface area contributed by atoms with E-state index in [0.717, 1.165) is 29.7 Å². The minimum Gasteiger partial charge on any atom is -0.483 e. The van der Waals surface area contributed by atoms with Gasteiger partial charge in [0.25, 0.3) is 5.91 Å². The van der Waals surface area contributed by atoms with Crippen LogP contribution in [0.3, 0.4) is 0 Å². The van der Waals surface area contributed by atoms with E-state index in [-0.39, 0.29) is 18.6 Å². The fourth-order valence-corrected chi connectivity index (χ4v) is 2.14. The maximum absolute atomic E-state index is 11.9. The van der Waals surface area contributed by atoms with Crippen LogP contribution in [-0.4, -0.2) is 18.6 Å². The highest BCUT2D eigenvalue weighted by Crippen LogP contribution is 2.22. The molecule has 0 saturated carbocycles.